The summed E-state index contributed by atoms with van der Waals surface area (Å²) in [6, 6.07) is 4.76. The first-order valence-electron chi connectivity index (χ1n) is 5.67. The zero-order valence-corrected chi connectivity index (χ0v) is 11.6. The van der Waals surface area contributed by atoms with Crippen LogP contribution >= 0.6 is 23.2 Å². The predicted molar refractivity (Wildman–Crippen MR) is 72.7 cm³/mol. The highest BCUT2D eigenvalue weighted by Crippen LogP contribution is 2.20. The third-order valence-electron chi connectivity index (χ3n) is 2.48. The van der Waals surface area contributed by atoms with E-state index in [4.69, 9.17) is 23.2 Å². The average Bonchev–Trinajstić information content (AvgIpc) is 2.67. The lowest BCUT2D eigenvalue weighted by Gasteiger charge is -2.10. The molecule has 0 aliphatic carbocycles. The quantitative estimate of drug-likeness (QED) is 0.635. The number of hydrogen-bond donors (Lipinski definition) is 0. The van der Waals surface area contributed by atoms with Crippen LogP contribution in [0.4, 0.5) is 0 Å². The van der Waals surface area contributed by atoms with Crippen LogP contribution < -0.4 is 0 Å². The van der Waals surface area contributed by atoms with Gasteiger partial charge in [-0.25, -0.2) is 4.79 Å². The van der Waals surface area contributed by atoms with Gasteiger partial charge in [-0.1, -0.05) is 23.2 Å². The first kappa shape index (κ1) is 14.6. The van der Waals surface area contributed by atoms with Crippen LogP contribution in [0.3, 0.4) is 0 Å². The normalized spacial score (nSPS) is 15.2. The number of amides is 2. The van der Waals surface area contributed by atoms with Gasteiger partial charge in [0.2, 0.25) is 0 Å². The maximum atomic E-state index is 11.5. The Labute approximate surface area is 124 Å². The molecule has 20 heavy (non-hydrogen) atoms. The zero-order valence-electron chi connectivity index (χ0n) is 10.1. The fraction of sp³-hybridized carbons (Fsp3) is 0.154. The van der Waals surface area contributed by atoms with Gasteiger partial charge in [0, 0.05) is 29.0 Å². The number of halogens is 2. The summed E-state index contributed by atoms with van der Waals surface area (Å²) in [5.41, 5.74) is 0.596. The van der Waals surface area contributed by atoms with Gasteiger partial charge in [-0.3, -0.25) is 9.59 Å². The number of carbonyl (C=O) groups is 3. The van der Waals surface area contributed by atoms with Crippen molar-refractivity contribution in [3.8, 4) is 0 Å². The van der Waals surface area contributed by atoms with Gasteiger partial charge in [-0.2, -0.15) is 0 Å². The summed E-state index contributed by atoms with van der Waals surface area (Å²) in [7, 11) is 0. The van der Waals surface area contributed by atoms with Crippen molar-refractivity contribution in [2.24, 2.45) is 0 Å². The third-order valence-corrected chi connectivity index (χ3v) is 2.92. The van der Waals surface area contributed by atoms with E-state index in [-0.39, 0.29) is 12.8 Å². The fourth-order valence-electron chi connectivity index (χ4n) is 1.61. The molecule has 0 spiro atoms. The van der Waals surface area contributed by atoms with Crippen LogP contribution in [-0.4, -0.2) is 22.8 Å². The van der Waals surface area contributed by atoms with Crippen molar-refractivity contribution in [2.75, 3.05) is 0 Å². The Hall–Kier alpha value is -1.85. The highest BCUT2D eigenvalue weighted by atomic mass is 35.5. The van der Waals surface area contributed by atoms with Crippen LogP contribution in [0.1, 0.15) is 18.4 Å². The van der Waals surface area contributed by atoms with Crippen LogP contribution in [0.5, 0.6) is 0 Å². The second-order valence-electron chi connectivity index (χ2n) is 4.03. The largest absolute Gasteiger partial charge is 0.356 e. The van der Waals surface area contributed by atoms with Gasteiger partial charge in [0.25, 0.3) is 11.8 Å². The molecule has 5 nitrogen and oxygen atoms in total. The molecule has 0 bridgehead atoms. The second kappa shape index (κ2) is 6.07. The molecule has 0 unspecified atom stereocenters. The van der Waals surface area contributed by atoms with E-state index >= 15 is 0 Å². The van der Waals surface area contributed by atoms with Crippen LogP contribution in [-0.2, 0) is 19.2 Å². The first-order chi connectivity index (χ1) is 9.45. The summed E-state index contributed by atoms with van der Waals surface area (Å²) in [5, 5.41) is 1.34. The summed E-state index contributed by atoms with van der Waals surface area (Å²) < 4.78 is 0. The van der Waals surface area contributed by atoms with Gasteiger partial charge in [-0.05, 0) is 29.8 Å². The van der Waals surface area contributed by atoms with Crippen molar-refractivity contribution in [3.05, 3.63) is 39.9 Å². The van der Waals surface area contributed by atoms with E-state index < -0.39 is 17.8 Å². The molecule has 1 saturated heterocycles. The Bertz CT molecular complexity index is 576. The van der Waals surface area contributed by atoms with Crippen LogP contribution in [0.15, 0.2) is 24.3 Å². The Balaban J connectivity index is 2.02. The van der Waals surface area contributed by atoms with Gasteiger partial charge in [0.15, 0.2) is 0 Å². The number of hydroxylamine groups is 2. The Morgan fingerprint density at radius 2 is 1.65 bits per heavy atom. The van der Waals surface area contributed by atoms with Crippen molar-refractivity contribution >= 4 is 47.1 Å². The number of benzene rings is 1. The predicted octanol–water partition coefficient (Wildman–Crippen LogP) is 2.61. The molecule has 1 aromatic rings. The van der Waals surface area contributed by atoms with E-state index in [2.05, 4.69) is 4.84 Å². The molecular formula is C13H9Cl2NO4. The summed E-state index contributed by atoms with van der Waals surface area (Å²) in [6.07, 6.45) is 2.62. The van der Waals surface area contributed by atoms with Crippen molar-refractivity contribution < 1.29 is 19.2 Å². The smallest absolute Gasteiger partial charge is 0.326 e. The molecule has 1 heterocycles. The molecule has 0 atom stereocenters. The minimum atomic E-state index is -0.829. The molecule has 2 rings (SSSR count). The van der Waals surface area contributed by atoms with Crippen LogP contribution in [0.2, 0.25) is 10.0 Å². The molecule has 104 valence electrons. The summed E-state index contributed by atoms with van der Waals surface area (Å²) in [4.78, 5) is 38.7. The summed E-state index contributed by atoms with van der Waals surface area (Å²) in [5.74, 6) is -1.88. The highest BCUT2D eigenvalue weighted by Gasteiger charge is 2.32. The Morgan fingerprint density at radius 3 is 2.20 bits per heavy atom. The Kier molecular flexibility index (Phi) is 4.42. The third kappa shape index (κ3) is 3.59. The van der Waals surface area contributed by atoms with E-state index in [1.165, 1.54) is 6.08 Å². The van der Waals surface area contributed by atoms with Crippen molar-refractivity contribution in [3.63, 3.8) is 0 Å². The SMILES string of the molecule is O=C(/C=C/c1cc(Cl)cc(Cl)c1)ON1C(=O)CCC1=O. The maximum absolute atomic E-state index is 11.5. The first-order valence-corrected chi connectivity index (χ1v) is 6.43. The minimum Gasteiger partial charge on any atom is -0.326 e. The van der Waals surface area contributed by atoms with Gasteiger partial charge in [-0.15, -0.1) is 5.06 Å². The van der Waals surface area contributed by atoms with Crippen LogP contribution in [0.25, 0.3) is 6.08 Å². The van der Waals surface area contributed by atoms with Gasteiger partial charge < -0.3 is 4.84 Å². The van der Waals surface area contributed by atoms with E-state index in [9.17, 15) is 14.4 Å². The average molecular weight is 314 g/mol. The lowest BCUT2D eigenvalue weighted by molar-refractivity contribution is -0.193. The molecule has 7 heteroatoms. The number of rotatable bonds is 3. The second-order valence-corrected chi connectivity index (χ2v) is 4.90. The Morgan fingerprint density at radius 1 is 1.10 bits per heavy atom. The summed E-state index contributed by atoms with van der Waals surface area (Å²) >= 11 is 11.6. The van der Waals surface area contributed by atoms with Gasteiger partial charge in [0.1, 0.15) is 0 Å². The molecule has 0 N–H and O–H groups in total. The molecule has 1 aliphatic heterocycles. The van der Waals surface area contributed by atoms with Gasteiger partial charge >= 0.3 is 5.97 Å². The van der Waals surface area contributed by atoms with E-state index in [1.54, 1.807) is 18.2 Å². The number of nitrogens with zero attached hydrogens (tertiary/aromatic N) is 1. The highest BCUT2D eigenvalue weighted by molar-refractivity contribution is 6.34. The fourth-order valence-corrected chi connectivity index (χ4v) is 2.16. The molecule has 1 aromatic carbocycles. The molecule has 0 aromatic heterocycles. The lowest BCUT2D eigenvalue weighted by Crippen LogP contribution is -2.31. The maximum Gasteiger partial charge on any atom is 0.356 e. The van der Waals surface area contributed by atoms with E-state index in [1.807, 2.05) is 0 Å². The van der Waals surface area contributed by atoms with Crippen LogP contribution in [0, 0.1) is 0 Å². The van der Waals surface area contributed by atoms with Crippen molar-refractivity contribution in [2.45, 2.75) is 12.8 Å². The molecule has 0 radical (unpaired) electrons. The topological polar surface area (TPSA) is 63.7 Å². The van der Waals surface area contributed by atoms with E-state index in [0.29, 0.717) is 20.7 Å². The molecule has 1 fully saturated rings. The number of hydrogen-bond acceptors (Lipinski definition) is 4. The summed E-state index contributed by atoms with van der Waals surface area (Å²) in [6.45, 7) is 0. The number of carbonyl (C=O) groups excluding carboxylic acids is 3. The standard InChI is InChI=1S/C13H9Cl2NO4/c14-9-5-8(6-10(15)7-9)1-4-13(19)20-16-11(17)2-3-12(16)18/h1,4-7H,2-3H2/b4-1+. The lowest BCUT2D eigenvalue weighted by atomic mass is 10.2. The minimum absolute atomic E-state index is 0.0553. The van der Waals surface area contributed by atoms with E-state index in [0.717, 1.165) is 6.08 Å². The van der Waals surface area contributed by atoms with Crippen molar-refractivity contribution in [1.29, 1.82) is 0 Å². The number of imide groups is 1. The molecular weight excluding hydrogens is 305 g/mol. The zero-order chi connectivity index (χ0) is 14.7. The van der Waals surface area contributed by atoms with Gasteiger partial charge in [0.05, 0.1) is 0 Å². The molecule has 2 amide bonds. The molecule has 0 saturated carbocycles. The molecule has 1 aliphatic rings. The monoisotopic (exact) mass is 313 g/mol. The van der Waals surface area contributed by atoms with Crippen molar-refractivity contribution in [1.82, 2.24) is 5.06 Å².